The van der Waals surface area contributed by atoms with Gasteiger partial charge >= 0.3 is 0 Å². The molecule has 3 aromatic heterocycles. The largest absolute Gasteiger partial charge is 0.471 e. The van der Waals surface area contributed by atoms with E-state index in [1.54, 1.807) is 12.3 Å². The monoisotopic (exact) mass is 518 g/mol. The number of nitrogens with two attached hydrogens (primary N) is 1. The van der Waals surface area contributed by atoms with Gasteiger partial charge in [0.15, 0.2) is 16.1 Å². The van der Waals surface area contributed by atoms with E-state index in [1.165, 1.54) is 12.4 Å². The Kier molecular flexibility index (Phi) is 6.07. The topological polar surface area (TPSA) is 127 Å². The first-order chi connectivity index (χ1) is 16.3. The fraction of sp³-hybridized carbons (Fsp3) is 0.227. The smallest absolute Gasteiger partial charge is 0.177 e. The molecule has 4 aromatic rings. The van der Waals surface area contributed by atoms with Gasteiger partial charge in [-0.3, -0.25) is 15.8 Å². The minimum absolute atomic E-state index is 0.140. The fourth-order valence-electron chi connectivity index (χ4n) is 3.84. The molecule has 0 radical (unpaired) electrons. The van der Waals surface area contributed by atoms with Crippen molar-refractivity contribution in [3.05, 3.63) is 64.5 Å². The third-order valence-corrected chi connectivity index (χ3v) is 7.87. The molecule has 34 heavy (non-hydrogen) atoms. The number of aromatic amines is 1. The van der Waals surface area contributed by atoms with E-state index in [4.69, 9.17) is 33.7 Å². The SMILES string of the molecule is N[C@@H](Oc1ccc2[nH]nc(-c3ccc(N4CCS(=O)(=O)CC4)nc3)c2c1)c1c(Cl)cncc1Cl. The number of hydrogen-bond acceptors (Lipinski definition) is 8. The van der Waals surface area contributed by atoms with Crippen LogP contribution in [0.2, 0.25) is 10.0 Å². The maximum Gasteiger partial charge on any atom is 0.177 e. The first-order valence-electron chi connectivity index (χ1n) is 10.4. The standard InChI is InChI=1S/C22H20Cl2N6O3S/c23-16-11-26-12-17(24)20(16)22(25)33-14-2-3-18-15(9-14)21(29-28-18)13-1-4-19(27-10-13)30-5-7-34(31,32)8-6-30/h1-4,9-12,22H,5-8,25H2,(H,28,29)/t22-/m0/s1. The summed E-state index contributed by atoms with van der Waals surface area (Å²) >= 11 is 12.4. The molecule has 9 nitrogen and oxygen atoms in total. The molecule has 1 aromatic carbocycles. The zero-order valence-corrected chi connectivity index (χ0v) is 20.1. The Balaban J connectivity index is 1.39. The highest BCUT2D eigenvalue weighted by Gasteiger charge is 2.23. The van der Waals surface area contributed by atoms with E-state index in [0.29, 0.717) is 40.1 Å². The highest BCUT2D eigenvalue weighted by molar-refractivity contribution is 7.91. The summed E-state index contributed by atoms with van der Waals surface area (Å²) in [7, 11) is -2.95. The van der Waals surface area contributed by atoms with Crippen molar-refractivity contribution in [1.29, 1.82) is 0 Å². The molecule has 0 unspecified atom stereocenters. The first-order valence-corrected chi connectivity index (χ1v) is 13.0. The predicted octanol–water partition coefficient (Wildman–Crippen LogP) is 3.60. The summed E-state index contributed by atoms with van der Waals surface area (Å²) in [4.78, 5) is 10.4. The van der Waals surface area contributed by atoms with Crippen LogP contribution in [-0.2, 0) is 9.84 Å². The second-order valence-electron chi connectivity index (χ2n) is 7.88. The molecule has 1 aliphatic heterocycles. The lowest BCUT2D eigenvalue weighted by molar-refractivity contribution is 0.214. The summed E-state index contributed by atoms with van der Waals surface area (Å²) in [6.07, 6.45) is 3.76. The van der Waals surface area contributed by atoms with Gasteiger partial charge in [0.25, 0.3) is 0 Å². The van der Waals surface area contributed by atoms with E-state index in [-0.39, 0.29) is 11.5 Å². The molecule has 0 aliphatic carbocycles. The third kappa shape index (κ3) is 4.54. The molecule has 0 amide bonds. The van der Waals surface area contributed by atoms with Crippen LogP contribution in [0, 0.1) is 0 Å². The number of nitrogens with zero attached hydrogens (tertiary/aromatic N) is 4. The first kappa shape index (κ1) is 22.9. The van der Waals surface area contributed by atoms with Gasteiger partial charge in [0.05, 0.1) is 27.1 Å². The zero-order chi connectivity index (χ0) is 23.9. The number of fused-ring (bicyclic) bond motifs is 1. The van der Waals surface area contributed by atoms with E-state index in [2.05, 4.69) is 20.2 Å². The summed E-state index contributed by atoms with van der Waals surface area (Å²) in [5.41, 5.74) is 8.99. The Bertz CT molecular complexity index is 1430. The highest BCUT2D eigenvalue weighted by Crippen LogP contribution is 2.33. The number of aromatic nitrogens is 4. The molecule has 176 valence electrons. The van der Waals surface area contributed by atoms with Crippen molar-refractivity contribution < 1.29 is 13.2 Å². The number of sulfone groups is 1. The van der Waals surface area contributed by atoms with Crippen LogP contribution in [0.3, 0.4) is 0 Å². The number of ether oxygens (including phenoxy) is 1. The van der Waals surface area contributed by atoms with E-state index in [9.17, 15) is 8.42 Å². The van der Waals surface area contributed by atoms with Crippen molar-refractivity contribution in [1.82, 2.24) is 20.2 Å². The number of H-pyrrole nitrogens is 1. The number of anilines is 1. The van der Waals surface area contributed by atoms with Crippen molar-refractivity contribution in [2.75, 3.05) is 29.5 Å². The van der Waals surface area contributed by atoms with E-state index < -0.39 is 16.1 Å². The van der Waals surface area contributed by atoms with Crippen molar-refractivity contribution in [3.63, 3.8) is 0 Å². The summed E-state index contributed by atoms with van der Waals surface area (Å²) in [6.45, 7) is 0.874. The molecule has 4 heterocycles. The van der Waals surface area contributed by atoms with Crippen molar-refractivity contribution >= 4 is 49.8 Å². The number of halogens is 2. The summed E-state index contributed by atoms with van der Waals surface area (Å²) in [5.74, 6) is 1.54. The molecule has 12 heteroatoms. The molecule has 0 spiro atoms. The average molecular weight is 519 g/mol. The third-order valence-electron chi connectivity index (χ3n) is 5.66. The van der Waals surface area contributed by atoms with Crippen molar-refractivity contribution in [2.45, 2.75) is 6.23 Å². The van der Waals surface area contributed by atoms with Crippen LogP contribution in [-0.4, -0.2) is 53.2 Å². The fourth-order valence-corrected chi connectivity index (χ4v) is 5.62. The average Bonchev–Trinajstić information content (AvgIpc) is 3.22. The molecular weight excluding hydrogens is 499 g/mol. The van der Waals surface area contributed by atoms with E-state index in [0.717, 1.165) is 22.3 Å². The maximum absolute atomic E-state index is 11.7. The molecule has 1 fully saturated rings. The summed E-state index contributed by atoms with van der Waals surface area (Å²) in [5, 5.41) is 8.92. The number of rotatable bonds is 5. The Morgan fingerprint density at radius 2 is 1.79 bits per heavy atom. The van der Waals surface area contributed by atoms with Crippen LogP contribution >= 0.6 is 23.2 Å². The number of hydrogen-bond donors (Lipinski definition) is 2. The van der Waals surface area contributed by atoms with Gasteiger partial charge in [0.1, 0.15) is 17.3 Å². The Hall–Kier alpha value is -2.92. The summed E-state index contributed by atoms with van der Waals surface area (Å²) in [6, 6.07) is 9.24. The van der Waals surface area contributed by atoms with Crippen LogP contribution in [0.4, 0.5) is 5.82 Å². The van der Waals surface area contributed by atoms with Crippen molar-refractivity contribution in [2.24, 2.45) is 5.73 Å². The van der Waals surface area contributed by atoms with E-state index in [1.807, 2.05) is 29.2 Å². The molecule has 1 atom stereocenters. The lowest BCUT2D eigenvalue weighted by Gasteiger charge is -2.27. The minimum atomic E-state index is -2.95. The number of benzene rings is 1. The summed E-state index contributed by atoms with van der Waals surface area (Å²) < 4.78 is 29.3. The Morgan fingerprint density at radius 1 is 1.06 bits per heavy atom. The van der Waals surface area contributed by atoms with E-state index >= 15 is 0 Å². The lowest BCUT2D eigenvalue weighted by Crippen LogP contribution is -2.40. The van der Waals surface area contributed by atoms with Gasteiger partial charge in [0.2, 0.25) is 0 Å². The number of pyridine rings is 2. The second kappa shape index (κ2) is 9.03. The van der Waals surface area contributed by atoms with Gasteiger partial charge in [-0.1, -0.05) is 23.2 Å². The molecular formula is C22H20Cl2N6O3S. The van der Waals surface area contributed by atoms with Gasteiger partial charge in [-0.25, -0.2) is 13.4 Å². The van der Waals surface area contributed by atoms with Gasteiger partial charge < -0.3 is 9.64 Å². The zero-order valence-electron chi connectivity index (χ0n) is 17.8. The Labute approximate surface area is 205 Å². The van der Waals surface area contributed by atoms with Crippen molar-refractivity contribution in [3.8, 4) is 17.0 Å². The molecule has 1 saturated heterocycles. The van der Waals surface area contributed by atoms with Crippen LogP contribution in [0.25, 0.3) is 22.2 Å². The van der Waals surface area contributed by atoms with Gasteiger partial charge in [-0.15, -0.1) is 0 Å². The number of nitrogens with one attached hydrogen (secondary N) is 1. The Morgan fingerprint density at radius 3 is 2.47 bits per heavy atom. The predicted molar refractivity (Wildman–Crippen MR) is 132 cm³/mol. The lowest BCUT2D eigenvalue weighted by atomic mass is 10.1. The molecule has 3 N–H and O–H groups in total. The second-order valence-corrected chi connectivity index (χ2v) is 11.0. The van der Waals surface area contributed by atoms with Gasteiger partial charge in [0, 0.05) is 48.2 Å². The molecule has 0 saturated carbocycles. The van der Waals surface area contributed by atoms with Crippen LogP contribution in [0.5, 0.6) is 5.75 Å². The van der Waals surface area contributed by atoms with Gasteiger partial charge in [-0.2, -0.15) is 5.10 Å². The molecule has 0 bridgehead atoms. The van der Waals surface area contributed by atoms with Gasteiger partial charge in [-0.05, 0) is 30.3 Å². The highest BCUT2D eigenvalue weighted by atomic mass is 35.5. The quantitative estimate of drug-likeness (QED) is 0.383. The molecule has 5 rings (SSSR count). The van der Waals surface area contributed by atoms with Crippen LogP contribution in [0.15, 0.2) is 48.9 Å². The van der Waals surface area contributed by atoms with Crippen LogP contribution < -0.4 is 15.4 Å². The normalized spacial score (nSPS) is 16.5. The molecule has 1 aliphatic rings. The minimum Gasteiger partial charge on any atom is -0.471 e. The van der Waals surface area contributed by atoms with Crippen LogP contribution in [0.1, 0.15) is 11.8 Å². The maximum atomic E-state index is 11.7.